The minimum absolute atomic E-state index is 0.207. The molecule has 1 nitrogen and oxygen atoms in total. The summed E-state index contributed by atoms with van der Waals surface area (Å²) in [6, 6.07) is 8.71. The summed E-state index contributed by atoms with van der Waals surface area (Å²) >= 11 is 0. The lowest BCUT2D eigenvalue weighted by Crippen LogP contribution is -2.06. The van der Waals surface area contributed by atoms with E-state index in [0.29, 0.717) is 5.92 Å². The zero-order chi connectivity index (χ0) is 11.3. The van der Waals surface area contributed by atoms with Crippen LogP contribution in [0.15, 0.2) is 24.3 Å². The first-order valence-corrected chi connectivity index (χ1v) is 5.84. The van der Waals surface area contributed by atoms with Crippen molar-refractivity contribution in [2.45, 2.75) is 40.2 Å². The fourth-order valence-electron chi connectivity index (χ4n) is 1.46. The number of benzene rings is 1. The highest BCUT2D eigenvalue weighted by Crippen LogP contribution is 2.18. The Morgan fingerprint density at radius 3 is 2.13 bits per heavy atom. The molecular weight excluding hydrogens is 184 g/mol. The predicted octanol–water partition coefficient (Wildman–Crippen LogP) is 3.98. The Labute approximate surface area is 93.5 Å². The Morgan fingerprint density at radius 1 is 1.07 bits per heavy atom. The van der Waals surface area contributed by atoms with Crippen molar-refractivity contribution in [3.05, 3.63) is 35.4 Å². The van der Waals surface area contributed by atoms with Gasteiger partial charge in [-0.25, -0.2) is 0 Å². The molecule has 1 aromatic carbocycles. The van der Waals surface area contributed by atoms with E-state index in [2.05, 4.69) is 52.0 Å². The summed E-state index contributed by atoms with van der Waals surface area (Å²) in [5.41, 5.74) is 2.66. The first-order chi connectivity index (χ1) is 7.13. The molecule has 0 spiro atoms. The lowest BCUT2D eigenvalue weighted by atomic mass is 10.1. The van der Waals surface area contributed by atoms with Gasteiger partial charge in [0.1, 0.15) is 0 Å². The molecular formula is C14H22O. The number of ether oxygens (including phenoxy) is 1. The van der Waals surface area contributed by atoms with Crippen LogP contribution < -0.4 is 0 Å². The van der Waals surface area contributed by atoms with Crippen LogP contribution in [-0.2, 0) is 11.2 Å². The normalized spacial score (nSPS) is 13.1. The van der Waals surface area contributed by atoms with Gasteiger partial charge in [-0.05, 0) is 30.4 Å². The summed E-state index contributed by atoms with van der Waals surface area (Å²) in [6.07, 6.45) is 1.31. The fraction of sp³-hybridized carbons (Fsp3) is 0.571. The van der Waals surface area contributed by atoms with Crippen LogP contribution in [0.1, 0.15) is 44.9 Å². The Bertz CT molecular complexity index is 274. The molecule has 0 N–H and O–H groups in total. The summed E-state index contributed by atoms with van der Waals surface area (Å²) in [7, 11) is 0. The number of hydrogen-bond acceptors (Lipinski definition) is 1. The van der Waals surface area contributed by atoms with E-state index >= 15 is 0 Å². The summed E-state index contributed by atoms with van der Waals surface area (Å²) < 4.78 is 5.76. The van der Waals surface area contributed by atoms with E-state index in [1.165, 1.54) is 11.1 Å². The Kier molecular flexibility index (Phi) is 4.83. The van der Waals surface area contributed by atoms with Gasteiger partial charge >= 0.3 is 0 Å². The van der Waals surface area contributed by atoms with Crippen LogP contribution in [0.5, 0.6) is 0 Å². The van der Waals surface area contributed by atoms with Gasteiger partial charge in [-0.1, -0.05) is 45.0 Å². The summed E-state index contributed by atoms with van der Waals surface area (Å²) in [5.74, 6) is 0.599. The van der Waals surface area contributed by atoms with Crippen molar-refractivity contribution >= 4 is 0 Å². The summed E-state index contributed by atoms with van der Waals surface area (Å²) in [6.45, 7) is 9.47. The van der Waals surface area contributed by atoms with Gasteiger partial charge in [-0.2, -0.15) is 0 Å². The van der Waals surface area contributed by atoms with E-state index in [0.717, 1.165) is 13.0 Å². The van der Waals surface area contributed by atoms with Crippen molar-refractivity contribution in [1.82, 2.24) is 0 Å². The summed E-state index contributed by atoms with van der Waals surface area (Å²) in [5, 5.41) is 0. The predicted molar refractivity (Wildman–Crippen MR) is 65.0 cm³/mol. The molecule has 1 unspecified atom stereocenters. The maximum Gasteiger partial charge on any atom is 0.0796 e. The van der Waals surface area contributed by atoms with Crippen LogP contribution in [-0.4, -0.2) is 6.61 Å². The van der Waals surface area contributed by atoms with Crippen LogP contribution >= 0.6 is 0 Å². The Hall–Kier alpha value is -0.820. The van der Waals surface area contributed by atoms with Crippen LogP contribution in [0.4, 0.5) is 0 Å². The van der Waals surface area contributed by atoms with Gasteiger partial charge < -0.3 is 4.74 Å². The lowest BCUT2D eigenvalue weighted by molar-refractivity contribution is 0.0470. The Morgan fingerprint density at radius 2 is 1.67 bits per heavy atom. The molecule has 15 heavy (non-hydrogen) atoms. The third-order valence-corrected chi connectivity index (χ3v) is 2.54. The molecule has 1 aromatic rings. The molecule has 0 aromatic heterocycles. The molecule has 0 fully saturated rings. The minimum atomic E-state index is 0.207. The Balaban J connectivity index is 2.54. The zero-order valence-corrected chi connectivity index (χ0v) is 10.3. The van der Waals surface area contributed by atoms with Crippen molar-refractivity contribution < 1.29 is 4.74 Å². The molecule has 1 rings (SSSR count). The average Bonchev–Trinajstić information content (AvgIpc) is 2.26. The average molecular weight is 206 g/mol. The summed E-state index contributed by atoms with van der Waals surface area (Å²) in [4.78, 5) is 0. The molecule has 0 bridgehead atoms. The fourth-order valence-corrected chi connectivity index (χ4v) is 1.46. The largest absolute Gasteiger partial charge is 0.374 e. The molecule has 0 aliphatic rings. The van der Waals surface area contributed by atoms with Gasteiger partial charge in [0, 0.05) is 6.61 Å². The second-order valence-corrected chi connectivity index (χ2v) is 4.46. The maximum absolute atomic E-state index is 5.76. The van der Waals surface area contributed by atoms with E-state index in [4.69, 9.17) is 4.74 Å². The van der Waals surface area contributed by atoms with Gasteiger partial charge in [0.05, 0.1) is 6.10 Å². The van der Waals surface area contributed by atoms with Crippen molar-refractivity contribution in [3.63, 3.8) is 0 Å². The zero-order valence-electron chi connectivity index (χ0n) is 10.3. The van der Waals surface area contributed by atoms with E-state index < -0.39 is 0 Å². The monoisotopic (exact) mass is 206 g/mol. The molecule has 84 valence electrons. The first kappa shape index (κ1) is 12.3. The highest BCUT2D eigenvalue weighted by atomic mass is 16.5. The van der Waals surface area contributed by atoms with Crippen LogP contribution in [0.25, 0.3) is 0 Å². The second kappa shape index (κ2) is 5.92. The maximum atomic E-state index is 5.76. The quantitative estimate of drug-likeness (QED) is 0.708. The lowest BCUT2D eigenvalue weighted by Gasteiger charge is -2.15. The molecule has 0 saturated carbocycles. The topological polar surface area (TPSA) is 9.23 Å². The van der Waals surface area contributed by atoms with E-state index in [1.54, 1.807) is 0 Å². The van der Waals surface area contributed by atoms with Crippen molar-refractivity contribution in [2.24, 2.45) is 5.92 Å². The van der Waals surface area contributed by atoms with Gasteiger partial charge in [0.2, 0.25) is 0 Å². The molecule has 0 radical (unpaired) electrons. The number of rotatable bonds is 5. The van der Waals surface area contributed by atoms with E-state index in [-0.39, 0.29) is 6.10 Å². The van der Waals surface area contributed by atoms with Crippen LogP contribution in [0.2, 0.25) is 0 Å². The van der Waals surface area contributed by atoms with Crippen molar-refractivity contribution in [2.75, 3.05) is 6.61 Å². The highest BCUT2D eigenvalue weighted by Gasteiger charge is 2.06. The van der Waals surface area contributed by atoms with Gasteiger partial charge in [-0.3, -0.25) is 0 Å². The molecule has 0 aliphatic heterocycles. The van der Waals surface area contributed by atoms with Crippen LogP contribution in [0.3, 0.4) is 0 Å². The molecule has 0 saturated heterocycles. The second-order valence-electron chi connectivity index (χ2n) is 4.46. The molecule has 0 aliphatic carbocycles. The third-order valence-electron chi connectivity index (χ3n) is 2.54. The van der Waals surface area contributed by atoms with E-state index in [1.807, 2.05) is 0 Å². The highest BCUT2D eigenvalue weighted by molar-refractivity contribution is 5.23. The van der Waals surface area contributed by atoms with E-state index in [9.17, 15) is 0 Å². The van der Waals surface area contributed by atoms with Crippen molar-refractivity contribution in [3.8, 4) is 0 Å². The molecule has 0 amide bonds. The van der Waals surface area contributed by atoms with Gasteiger partial charge in [0.15, 0.2) is 0 Å². The SMILES string of the molecule is CCc1ccc(C(C)OCC(C)C)cc1. The molecule has 0 heterocycles. The van der Waals surface area contributed by atoms with Crippen molar-refractivity contribution in [1.29, 1.82) is 0 Å². The third kappa shape index (κ3) is 4.05. The minimum Gasteiger partial charge on any atom is -0.374 e. The molecule has 1 heteroatoms. The van der Waals surface area contributed by atoms with Gasteiger partial charge in [-0.15, -0.1) is 0 Å². The van der Waals surface area contributed by atoms with Gasteiger partial charge in [0.25, 0.3) is 0 Å². The van der Waals surface area contributed by atoms with Crippen LogP contribution in [0, 0.1) is 5.92 Å². The number of aryl methyl sites for hydroxylation is 1. The molecule has 1 atom stereocenters. The number of hydrogen-bond donors (Lipinski definition) is 0. The first-order valence-electron chi connectivity index (χ1n) is 5.84. The standard InChI is InChI=1S/C14H22O/c1-5-13-6-8-14(9-7-13)12(4)15-10-11(2)3/h6-9,11-12H,5,10H2,1-4H3. The smallest absolute Gasteiger partial charge is 0.0796 e.